The Morgan fingerprint density at radius 1 is 0.974 bits per heavy atom. The minimum absolute atomic E-state index is 0.0720. The number of thiol groups is 1. The van der Waals surface area contributed by atoms with Gasteiger partial charge in [-0.3, -0.25) is 14.5 Å². The van der Waals surface area contributed by atoms with Gasteiger partial charge in [-0.15, -0.1) is 0 Å². The Bertz CT molecular complexity index is 1340. The van der Waals surface area contributed by atoms with Crippen LogP contribution in [0.5, 0.6) is 0 Å². The second kappa shape index (κ2) is 13.0. The van der Waals surface area contributed by atoms with Gasteiger partial charge in [-0.05, 0) is 80.9 Å². The molecule has 1 aliphatic rings. The second-order valence-corrected chi connectivity index (χ2v) is 10.0. The number of likely N-dealkylation sites (tertiary alicyclic amines) is 1. The maximum atomic E-state index is 13.8. The standard InChI is InChI=1S/C28H29ClFN5O3S/c1-19-7-4-5-16-33(19)18-26(36)34(29)23-9-6-8-21(17-23)32-28(38)35(39)22-14-12-20(13-15-22)31-27(37)24-10-2-3-11-25(24)30/h2-3,6,8-15,17,19,39H,4-5,7,16,18H2,1H3,(H,31,37)(H,32,38). The minimum atomic E-state index is -0.618. The number of nitrogens with one attached hydrogen (secondary N) is 2. The van der Waals surface area contributed by atoms with Crippen LogP contribution in [0.3, 0.4) is 0 Å². The topological polar surface area (TPSA) is 85.0 Å². The maximum absolute atomic E-state index is 13.8. The number of nitrogens with zero attached hydrogens (tertiary/aromatic N) is 3. The van der Waals surface area contributed by atoms with Gasteiger partial charge in [0.15, 0.2) is 0 Å². The number of anilines is 4. The molecule has 0 aliphatic carbocycles. The van der Waals surface area contributed by atoms with Crippen molar-refractivity contribution in [1.29, 1.82) is 0 Å². The number of carbonyl (C=O) groups is 3. The third-order valence-corrected chi connectivity index (χ3v) is 7.30. The largest absolute Gasteiger partial charge is 0.336 e. The van der Waals surface area contributed by atoms with Gasteiger partial charge in [0.05, 0.1) is 23.5 Å². The molecule has 4 amide bonds. The monoisotopic (exact) mass is 569 g/mol. The first-order chi connectivity index (χ1) is 18.7. The van der Waals surface area contributed by atoms with E-state index in [4.69, 9.17) is 11.8 Å². The van der Waals surface area contributed by atoms with Crippen LogP contribution in [0.2, 0.25) is 0 Å². The molecule has 3 aromatic carbocycles. The fourth-order valence-electron chi connectivity index (χ4n) is 4.30. The molecule has 0 aromatic heterocycles. The molecular formula is C28H29ClFN5O3S. The highest BCUT2D eigenvalue weighted by Crippen LogP contribution is 2.25. The molecule has 1 saturated heterocycles. The summed E-state index contributed by atoms with van der Waals surface area (Å²) in [4.78, 5) is 40.0. The van der Waals surface area contributed by atoms with Gasteiger partial charge in [0.25, 0.3) is 11.8 Å². The van der Waals surface area contributed by atoms with E-state index in [1.807, 2.05) is 0 Å². The Hall–Kier alpha value is -3.60. The zero-order chi connectivity index (χ0) is 27.9. The molecule has 1 atom stereocenters. The SMILES string of the molecule is CC1CCCCN1CC(=O)N(Cl)c1cccc(NC(=O)N(S)c2ccc(NC(=O)c3ccccc3F)cc2)c1. The molecular weight excluding hydrogens is 541 g/mol. The number of rotatable bonds is 7. The number of amides is 4. The molecule has 1 fully saturated rings. The molecule has 0 bridgehead atoms. The van der Waals surface area contributed by atoms with E-state index in [0.29, 0.717) is 28.8 Å². The fraction of sp³-hybridized carbons (Fsp3) is 0.250. The smallest absolute Gasteiger partial charge is 0.322 e. The summed E-state index contributed by atoms with van der Waals surface area (Å²) in [6, 6.07) is 18.4. The predicted molar refractivity (Wildman–Crippen MR) is 156 cm³/mol. The highest BCUT2D eigenvalue weighted by molar-refractivity contribution is 7.82. The van der Waals surface area contributed by atoms with Crippen LogP contribution in [-0.2, 0) is 4.79 Å². The normalized spacial score (nSPS) is 15.3. The molecule has 39 heavy (non-hydrogen) atoms. The van der Waals surface area contributed by atoms with E-state index in [9.17, 15) is 18.8 Å². The van der Waals surface area contributed by atoms with Crippen molar-refractivity contribution in [2.45, 2.75) is 32.2 Å². The Labute approximate surface area is 237 Å². The van der Waals surface area contributed by atoms with Crippen molar-refractivity contribution >= 4 is 65.2 Å². The van der Waals surface area contributed by atoms with E-state index >= 15 is 0 Å². The summed E-state index contributed by atoms with van der Waals surface area (Å²) in [6.07, 6.45) is 3.28. The lowest BCUT2D eigenvalue weighted by atomic mass is 10.0. The third kappa shape index (κ3) is 7.29. The summed E-state index contributed by atoms with van der Waals surface area (Å²) in [5.74, 6) is -1.45. The number of urea groups is 1. The van der Waals surface area contributed by atoms with E-state index in [0.717, 1.165) is 34.5 Å². The van der Waals surface area contributed by atoms with Gasteiger partial charge < -0.3 is 10.6 Å². The summed E-state index contributed by atoms with van der Waals surface area (Å²) in [6.45, 7) is 3.20. The van der Waals surface area contributed by atoms with Crippen LogP contribution in [0.25, 0.3) is 0 Å². The number of benzene rings is 3. The molecule has 2 N–H and O–H groups in total. The molecule has 1 heterocycles. The summed E-state index contributed by atoms with van der Waals surface area (Å²) < 4.78 is 16.0. The molecule has 11 heteroatoms. The number of hydrogen-bond acceptors (Lipinski definition) is 5. The summed E-state index contributed by atoms with van der Waals surface area (Å²) in [5, 5.41) is 5.35. The van der Waals surface area contributed by atoms with Crippen molar-refractivity contribution < 1.29 is 18.8 Å². The third-order valence-electron chi connectivity index (χ3n) is 6.50. The summed E-state index contributed by atoms with van der Waals surface area (Å²) >= 11 is 10.6. The molecule has 8 nitrogen and oxygen atoms in total. The Kier molecular flexibility index (Phi) is 9.45. The molecule has 0 saturated carbocycles. The number of piperidine rings is 1. The van der Waals surface area contributed by atoms with Crippen molar-refractivity contribution in [2.75, 3.05) is 32.4 Å². The van der Waals surface area contributed by atoms with Gasteiger partial charge >= 0.3 is 6.03 Å². The van der Waals surface area contributed by atoms with Gasteiger partial charge in [0, 0.05) is 29.2 Å². The minimum Gasteiger partial charge on any atom is -0.322 e. The van der Waals surface area contributed by atoms with Gasteiger partial charge in [0.1, 0.15) is 5.82 Å². The van der Waals surface area contributed by atoms with Crippen LogP contribution >= 0.6 is 24.6 Å². The van der Waals surface area contributed by atoms with Crippen LogP contribution < -0.4 is 19.4 Å². The summed E-state index contributed by atoms with van der Waals surface area (Å²) in [7, 11) is 0. The molecule has 4 rings (SSSR count). The van der Waals surface area contributed by atoms with Crippen LogP contribution in [0.15, 0.2) is 72.8 Å². The van der Waals surface area contributed by atoms with E-state index in [1.165, 1.54) is 18.2 Å². The van der Waals surface area contributed by atoms with Gasteiger partial charge in [-0.2, -0.15) is 0 Å². The first-order valence-electron chi connectivity index (χ1n) is 12.5. The molecule has 1 unspecified atom stereocenters. The van der Waals surface area contributed by atoms with Crippen LogP contribution in [0.4, 0.5) is 31.9 Å². The van der Waals surface area contributed by atoms with E-state index in [2.05, 4.69) is 35.3 Å². The van der Waals surface area contributed by atoms with Crippen LogP contribution in [0.1, 0.15) is 36.5 Å². The molecule has 0 radical (unpaired) electrons. The Morgan fingerprint density at radius 2 is 1.72 bits per heavy atom. The quantitative estimate of drug-likeness (QED) is 0.229. The first kappa shape index (κ1) is 28.4. The van der Waals surface area contributed by atoms with Crippen molar-refractivity contribution in [3.05, 3.63) is 84.2 Å². The zero-order valence-electron chi connectivity index (χ0n) is 21.3. The average Bonchev–Trinajstić information content (AvgIpc) is 2.94. The van der Waals surface area contributed by atoms with Crippen molar-refractivity contribution in [2.24, 2.45) is 0 Å². The van der Waals surface area contributed by atoms with Gasteiger partial charge in [-0.25, -0.2) is 17.9 Å². The van der Waals surface area contributed by atoms with Crippen molar-refractivity contribution in [1.82, 2.24) is 4.90 Å². The first-order valence-corrected chi connectivity index (χ1v) is 13.3. The average molecular weight is 570 g/mol. The van der Waals surface area contributed by atoms with Gasteiger partial charge in [0.2, 0.25) is 0 Å². The molecule has 1 aliphatic heterocycles. The predicted octanol–water partition coefficient (Wildman–Crippen LogP) is 6.32. The molecule has 0 spiro atoms. The number of hydrogen-bond donors (Lipinski definition) is 3. The zero-order valence-corrected chi connectivity index (χ0v) is 23.0. The number of carbonyl (C=O) groups excluding carboxylic acids is 3. The Balaban J connectivity index is 1.35. The van der Waals surface area contributed by atoms with Crippen molar-refractivity contribution in [3.63, 3.8) is 0 Å². The van der Waals surface area contributed by atoms with Crippen LogP contribution in [-0.4, -0.2) is 41.9 Å². The van der Waals surface area contributed by atoms with E-state index in [1.54, 1.807) is 54.6 Å². The number of halogens is 2. The molecule has 204 valence electrons. The van der Waals surface area contributed by atoms with Crippen molar-refractivity contribution in [3.8, 4) is 0 Å². The lowest BCUT2D eigenvalue weighted by Crippen LogP contribution is -2.43. The highest BCUT2D eigenvalue weighted by Gasteiger charge is 2.24. The van der Waals surface area contributed by atoms with E-state index in [-0.39, 0.29) is 18.0 Å². The fourth-order valence-corrected chi connectivity index (χ4v) is 4.64. The lowest BCUT2D eigenvalue weighted by molar-refractivity contribution is -0.119. The van der Waals surface area contributed by atoms with E-state index < -0.39 is 17.8 Å². The second-order valence-electron chi connectivity index (χ2n) is 9.26. The highest BCUT2D eigenvalue weighted by atomic mass is 35.5. The maximum Gasteiger partial charge on any atom is 0.336 e. The Morgan fingerprint density at radius 3 is 2.44 bits per heavy atom. The van der Waals surface area contributed by atoms with Gasteiger partial charge in [-0.1, -0.05) is 37.4 Å². The van der Waals surface area contributed by atoms with Crippen LogP contribution in [0, 0.1) is 5.82 Å². The molecule has 3 aromatic rings. The summed E-state index contributed by atoms with van der Waals surface area (Å²) in [5.41, 5.74) is 1.64. The lowest BCUT2D eigenvalue weighted by Gasteiger charge is -2.33.